The summed E-state index contributed by atoms with van der Waals surface area (Å²) in [6.45, 7) is 1.20. The summed E-state index contributed by atoms with van der Waals surface area (Å²) in [6, 6.07) is 6.97. The summed E-state index contributed by atoms with van der Waals surface area (Å²) in [5.74, 6) is -1.87. The van der Waals surface area contributed by atoms with Crippen LogP contribution in [-0.2, 0) is 15.3 Å². The molecular formula is C19H22ClNO7S. The molecule has 4 N–H and O–H groups in total. The van der Waals surface area contributed by atoms with E-state index in [1.54, 1.807) is 30.3 Å². The molecule has 1 fully saturated rings. The Bertz CT molecular complexity index is 876. The van der Waals surface area contributed by atoms with Gasteiger partial charge >= 0.3 is 0 Å². The van der Waals surface area contributed by atoms with E-state index in [1.807, 2.05) is 6.92 Å². The standard InChI is InChI=1S/C19H22ClNO7S/c1-9-3-4-10(7-11(9)16(23)13-5-6-14(20)29-13)19(27-2)18(25)17(24)15(21-26)12(8-22)28-19/h3-7,12,15-18,22-25H,8H2,1-2H3/t12?,15-,16?,17?,18-,19?/m1/s1. The van der Waals surface area contributed by atoms with E-state index in [4.69, 9.17) is 21.1 Å². The number of ether oxygens (including phenoxy) is 2. The normalized spacial score (nSPS) is 30.9. The number of aliphatic hydroxyl groups excluding tert-OH is 4. The Morgan fingerprint density at radius 3 is 2.62 bits per heavy atom. The molecule has 10 heteroatoms. The average molecular weight is 444 g/mol. The van der Waals surface area contributed by atoms with Gasteiger partial charge in [-0.2, -0.15) is 4.91 Å². The van der Waals surface area contributed by atoms with Gasteiger partial charge in [0, 0.05) is 17.6 Å². The molecule has 2 heterocycles. The summed E-state index contributed by atoms with van der Waals surface area (Å²) in [5.41, 5.74) is 1.60. The predicted octanol–water partition coefficient (Wildman–Crippen LogP) is 1.84. The minimum Gasteiger partial charge on any atom is -0.394 e. The van der Waals surface area contributed by atoms with Gasteiger partial charge in [0.15, 0.2) is 0 Å². The molecule has 1 aliphatic heterocycles. The van der Waals surface area contributed by atoms with Gasteiger partial charge in [-0.25, -0.2) is 0 Å². The number of benzene rings is 1. The van der Waals surface area contributed by atoms with Crippen LogP contribution in [0.3, 0.4) is 0 Å². The number of thiophene rings is 1. The van der Waals surface area contributed by atoms with Crippen molar-refractivity contribution in [2.24, 2.45) is 5.18 Å². The van der Waals surface area contributed by atoms with Crippen molar-refractivity contribution in [3.63, 3.8) is 0 Å². The van der Waals surface area contributed by atoms with Gasteiger partial charge in [0.2, 0.25) is 5.79 Å². The Morgan fingerprint density at radius 1 is 1.34 bits per heavy atom. The zero-order valence-corrected chi connectivity index (χ0v) is 17.3. The molecule has 0 spiro atoms. The lowest BCUT2D eigenvalue weighted by molar-refractivity contribution is -0.349. The van der Waals surface area contributed by atoms with Crippen molar-refractivity contribution in [2.45, 2.75) is 43.2 Å². The first-order valence-corrected chi connectivity index (χ1v) is 10.0. The fourth-order valence-electron chi connectivity index (χ4n) is 3.58. The van der Waals surface area contributed by atoms with E-state index < -0.39 is 42.9 Å². The number of hydrogen-bond acceptors (Lipinski definition) is 9. The number of nitroso groups, excluding NO2 is 1. The van der Waals surface area contributed by atoms with Crippen molar-refractivity contribution >= 4 is 22.9 Å². The maximum Gasteiger partial charge on any atom is 0.224 e. The molecule has 1 aliphatic rings. The highest BCUT2D eigenvalue weighted by Gasteiger charge is 2.56. The summed E-state index contributed by atoms with van der Waals surface area (Å²) < 4.78 is 11.8. The first-order valence-electron chi connectivity index (χ1n) is 8.85. The molecule has 1 saturated heterocycles. The van der Waals surface area contributed by atoms with Crippen LogP contribution in [0.4, 0.5) is 0 Å². The number of methoxy groups -OCH3 is 1. The zero-order chi connectivity index (χ0) is 21.3. The van der Waals surface area contributed by atoms with E-state index >= 15 is 0 Å². The first kappa shape index (κ1) is 22.3. The molecular weight excluding hydrogens is 422 g/mol. The van der Waals surface area contributed by atoms with Crippen LogP contribution < -0.4 is 0 Å². The Labute approximate surface area is 176 Å². The van der Waals surface area contributed by atoms with Crippen molar-refractivity contribution in [2.75, 3.05) is 13.7 Å². The molecule has 1 aromatic heterocycles. The topological polar surface area (TPSA) is 129 Å². The van der Waals surface area contributed by atoms with Gasteiger partial charge in [0.1, 0.15) is 30.5 Å². The number of hydrogen-bond donors (Lipinski definition) is 4. The number of halogens is 1. The molecule has 158 valence electrons. The molecule has 1 aromatic carbocycles. The summed E-state index contributed by atoms with van der Waals surface area (Å²) in [4.78, 5) is 11.7. The molecule has 0 aliphatic carbocycles. The minimum atomic E-state index is -1.87. The molecule has 0 radical (unpaired) electrons. The Kier molecular flexibility index (Phi) is 6.71. The lowest BCUT2D eigenvalue weighted by Crippen LogP contribution is -2.63. The van der Waals surface area contributed by atoms with Crippen molar-refractivity contribution in [1.29, 1.82) is 0 Å². The van der Waals surface area contributed by atoms with Crippen LogP contribution in [0, 0.1) is 11.8 Å². The molecule has 3 rings (SSSR count). The van der Waals surface area contributed by atoms with Crippen LogP contribution in [0.1, 0.15) is 27.7 Å². The lowest BCUT2D eigenvalue weighted by Gasteiger charge is -2.47. The Morgan fingerprint density at radius 2 is 2.07 bits per heavy atom. The predicted molar refractivity (Wildman–Crippen MR) is 107 cm³/mol. The highest BCUT2D eigenvalue weighted by molar-refractivity contribution is 7.16. The molecule has 8 nitrogen and oxygen atoms in total. The first-order chi connectivity index (χ1) is 13.8. The van der Waals surface area contributed by atoms with Crippen molar-refractivity contribution in [3.8, 4) is 0 Å². The van der Waals surface area contributed by atoms with Crippen molar-refractivity contribution < 1.29 is 29.9 Å². The van der Waals surface area contributed by atoms with Gasteiger partial charge < -0.3 is 29.9 Å². The fourth-order valence-corrected chi connectivity index (χ4v) is 4.64. The van der Waals surface area contributed by atoms with Crippen molar-refractivity contribution in [3.05, 3.63) is 61.1 Å². The molecule has 0 saturated carbocycles. The van der Waals surface area contributed by atoms with Crippen LogP contribution in [-0.4, -0.2) is 58.5 Å². The monoisotopic (exact) mass is 443 g/mol. The molecule has 2 aromatic rings. The zero-order valence-electron chi connectivity index (χ0n) is 15.7. The van der Waals surface area contributed by atoms with Crippen LogP contribution in [0.5, 0.6) is 0 Å². The second kappa shape index (κ2) is 8.75. The maximum atomic E-state index is 11.1. The van der Waals surface area contributed by atoms with Gasteiger partial charge in [-0.1, -0.05) is 28.9 Å². The van der Waals surface area contributed by atoms with E-state index in [0.717, 1.165) is 5.56 Å². The van der Waals surface area contributed by atoms with Gasteiger partial charge in [-0.3, -0.25) is 0 Å². The van der Waals surface area contributed by atoms with Gasteiger partial charge in [-0.05, 0) is 36.2 Å². The number of aryl methyl sites for hydroxylation is 1. The Balaban J connectivity index is 2.07. The third-order valence-corrected chi connectivity index (χ3v) is 6.50. The van der Waals surface area contributed by atoms with Gasteiger partial charge in [0.25, 0.3) is 0 Å². The van der Waals surface area contributed by atoms with E-state index in [2.05, 4.69) is 5.18 Å². The van der Waals surface area contributed by atoms with E-state index in [-0.39, 0.29) is 0 Å². The smallest absolute Gasteiger partial charge is 0.224 e. The van der Waals surface area contributed by atoms with Gasteiger partial charge in [0.05, 0.1) is 10.9 Å². The van der Waals surface area contributed by atoms with Gasteiger partial charge in [-0.15, -0.1) is 11.3 Å². The van der Waals surface area contributed by atoms with E-state index in [1.165, 1.54) is 18.4 Å². The second-order valence-electron chi connectivity index (χ2n) is 6.86. The second-order valence-corrected chi connectivity index (χ2v) is 8.60. The third-order valence-electron chi connectivity index (χ3n) is 5.21. The lowest BCUT2D eigenvalue weighted by atomic mass is 9.85. The SMILES string of the molecule is COC1(c2ccc(C)c(C(O)c3ccc(Cl)s3)c2)OC(CO)[C@@H](N=O)C(O)[C@H]1O. The molecule has 6 atom stereocenters. The number of nitrogens with zero attached hydrogens (tertiary/aromatic N) is 1. The quantitative estimate of drug-likeness (QED) is 0.501. The highest BCUT2D eigenvalue weighted by atomic mass is 35.5. The average Bonchev–Trinajstić information content (AvgIpc) is 3.16. The minimum absolute atomic E-state index is 0.302. The Hall–Kier alpha value is -1.43. The van der Waals surface area contributed by atoms with Crippen LogP contribution in [0.25, 0.3) is 0 Å². The molecule has 0 amide bonds. The molecule has 4 unspecified atom stereocenters. The summed E-state index contributed by atoms with van der Waals surface area (Å²) in [6.07, 6.45) is -5.45. The third kappa shape index (κ3) is 3.85. The number of rotatable bonds is 6. The van der Waals surface area contributed by atoms with Crippen LogP contribution in [0.2, 0.25) is 4.34 Å². The van der Waals surface area contributed by atoms with Crippen LogP contribution >= 0.6 is 22.9 Å². The number of aliphatic hydroxyl groups is 4. The summed E-state index contributed by atoms with van der Waals surface area (Å²) >= 11 is 7.21. The van der Waals surface area contributed by atoms with E-state index in [0.29, 0.717) is 20.3 Å². The van der Waals surface area contributed by atoms with Crippen molar-refractivity contribution in [1.82, 2.24) is 0 Å². The summed E-state index contributed by atoms with van der Waals surface area (Å²) in [5, 5.41) is 44.3. The molecule has 0 bridgehead atoms. The van der Waals surface area contributed by atoms with E-state index in [9.17, 15) is 25.3 Å². The highest BCUT2D eigenvalue weighted by Crippen LogP contribution is 2.42. The van der Waals surface area contributed by atoms with Crippen LogP contribution in [0.15, 0.2) is 35.5 Å². The molecule has 29 heavy (non-hydrogen) atoms. The largest absolute Gasteiger partial charge is 0.394 e. The summed E-state index contributed by atoms with van der Waals surface area (Å²) in [7, 11) is 1.27. The maximum absolute atomic E-state index is 11.1. The fraction of sp³-hybridized carbons (Fsp3) is 0.474.